The van der Waals surface area contributed by atoms with Gasteiger partial charge in [-0.3, -0.25) is 0 Å². The summed E-state index contributed by atoms with van der Waals surface area (Å²) >= 11 is 0. The first-order valence-electron chi connectivity index (χ1n) is 6.39. The van der Waals surface area contributed by atoms with Gasteiger partial charge in [-0.15, -0.1) is 0 Å². The third-order valence-electron chi connectivity index (χ3n) is 3.00. The Labute approximate surface area is 118 Å². The molecule has 110 valence electrons. The predicted molar refractivity (Wildman–Crippen MR) is 75.5 cm³/mol. The van der Waals surface area contributed by atoms with Crippen LogP contribution in [0.4, 0.5) is 0 Å². The molecule has 0 spiro atoms. The van der Waals surface area contributed by atoms with E-state index in [2.05, 4.69) is 10.0 Å². The lowest BCUT2D eigenvalue weighted by atomic mass is 10.4. The van der Waals surface area contributed by atoms with Gasteiger partial charge in [0.15, 0.2) is 0 Å². The Morgan fingerprint density at radius 2 is 2.15 bits per heavy atom. The Balaban J connectivity index is 2.09. The first-order chi connectivity index (χ1) is 9.53. The highest BCUT2D eigenvalue weighted by molar-refractivity contribution is 7.89. The number of rotatable bonds is 7. The summed E-state index contributed by atoms with van der Waals surface area (Å²) in [5.41, 5.74) is 1.72. The van der Waals surface area contributed by atoms with Crippen LogP contribution in [0.25, 0.3) is 0 Å². The zero-order valence-electron chi connectivity index (χ0n) is 11.6. The van der Waals surface area contributed by atoms with E-state index >= 15 is 0 Å². The number of hydrogen-bond acceptors (Lipinski definition) is 4. The molecule has 0 aliphatic rings. The zero-order valence-corrected chi connectivity index (χ0v) is 12.4. The van der Waals surface area contributed by atoms with Gasteiger partial charge in [0.25, 0.3) is 0 Å². The van der Waals surface area contributed by atoms with Gasteiger partial charge < -0.3 is 14.3 Å². The molecule has 0 unspecified atom stereocenters. The maximum absolute atomic E-state index is 12.2. The summed E-state index contributed by atoms with van der Waals surface area (Å²) in [4.78, 5) is 0.274. The van der Waals surface area contributed by atoms with Crippen LogP contribution in [0.1, 0.15) is 18.2 Å². The van der Waals surface area contributed by atoms with Crippen LogP contribution in [0.2, 0.25) is 0 Å². The van der Waals surface area contributed by atoms with Crippen molar-refractivity contribution in [3.8, 4) is 0 Å². The van der Waals surface area contributed by atoms with E-state index in [-0.39, 0.29) is 11.4 Å². The van der Waals surface area contributed by atoms with E-state index in [1.54, 1.807) is 18.3 Å². The van der Waals surface area contributed by atoms with Crippen LogP contribution < -0.4 is 10.0 Å². The van der Waals surface area contributed by atoms with Gasteiger partial charge in [-0.1, -0.05) is 6.92 Å². The fourth-order valence-corrected chi connectivity index (χ4v) is 2.92. The molecule has 7 heteroatoms. The molecule has 2 heterocycles. The van der Waals surface area contributed by atoms with Crippen molar-refractivity contribution in [3.05, 3.63) is 42.1 Å². The first-order valence-corrected chi connectivity index (χ1v) is 7.88. The van der Waals surface area contributed by atoms with E-state index in [0.717, 1.165) is 17.8 Å². The Hall–Kier alpha value is -1.57. The number of nitrogens with zero attached hydrogens (tertiary/aromatic N) is 1. The second-order valence-corrected chi connectivity index (χ2v) is 6.28. The van der Waals surface area contributed by atoms with Crippen LogP contribution in [-0.2, 0) is 30.2 Å². The minimum atomic E-state index is -3.50. The zero-order chi connectivity index (χ0) is 14.6. The molecule has 0 aliphatic carbocycles. The maximum Gasteiger partial charge on any atom is 0.242 e. The monoisotopic (exact) mass is 297 g/mol. The van der Waals surface area contributed by atoms with E-state index in [4.69, 9.17) is 4.42 Å². The van der Waals surface area contributed by atoms with Gasteiger partial charge in [-0.2, -0.15) is 0 Å². The highest BCUT2D eigenvalue weighted by atomic mass is 32.2. The highest BCUT2D eigenvalue weighted by Gasteiger charge is 2.17. The van der Waals surface area contributed by atoms with Gasteiger partial charge in [0.05, 0.1) is 17.4 Å². The van der Waals surface area contributed by atoms with Crippen LogP contribution >= 0.6 is 0 Å². The molecule has 20 heavy (non-hydrogen) atoms. The molecule has 0 saturated heterocycles. The number of aryl methyl sites for hydroxylation is 1. The number of hydrogen-bond donors (Lipinski definition) is 2. The Morgan fingerprint density at radius 1 is 1.35 bits per heavy atom. The minimum absolute atomic E-state index is 0.219. The molecule has 0 fully saturated rings. The van der Waals surface area contributed by atoms with Crippen molar-refractivity contribution in [1.29, 1.82) is 0 Å². The highest BCUT2D eigenvalue weighted by Crippen LogP contribution is 2.14. The van der Waals surface area contributed by atoms with Crippen LogP contribution in [0.3, 0.4) is 0 Å². The fraction of sp³-hybridized carbons (Fsp3) is 0.385. The van der Waals surface area contributed by atoms with Crippen molar-refractivity contribution in [1.82, 2.24) is 14.6 Å². The molecule has 2 N–H and O–H groups in total. The van der Waals surface area contributed by atoms with Gasteiger partial charge in [-0.05, 0) is 18.7 Å². The predicted octanol–water partition coefficient (Wildman–Crippen LogP) is 1.21. The topological polar surface area (TPSA) is 76.3 Å². The van der Waals surface area contributed by atoms with Crippen LogP contribution in [-0.4, -0.2) is 19.5 Å². The Bertz CT molecular complexity index is 644. The van der Waals surface area contributed by atoms with Crippen LogP contribution in [0.15, 0.2) is 40.2 Å². The molecule has 0 radical (unpaired) electrons. The smallest absolute Gasteiger partial charge is 0.242 e. The van der Waals surface area contributed by atoms with Crippen LogP contribution in [0, 0.1) is 0 Å². The molecule has 0 amide bonds. The van der Waals surface area contributed by atoms with Gasteiger partial charge in [0, 0.05) is 37.6 Å². The third-order valence-corrected chi connectivity index (χ3v) is 4.36. The number of aromatic nitrogens is 1. The number of nitrogens with one attached hydrogen (secondary N) is 2. The summed E-state index contributed by atoms with van der Waals surface area (Å²) in [6.45, 7) is 3.71. The summed E-state index contributed by atoms with van der Waals surface area (Å²) in [5.74, 6) is 0. The minimum Gasteiger partial charge on any atom is -0.472 e. The first kappa shape index (κ1) is 14.8. The van der Waals surface area contributed by atoms with Gasteiger partial charge >= 0.3 is 0 Å². The lowest BCUT2D eigenvalue weighted by Crippen LogP contribution is -2.22. The van der Waals surface area contributed by atoms with Crippen molar-refractivity contribution < 1.29 is 12.8 Å². The summed E-state index contributed by atoms with van der Waals surface area (Å²) < 4.78 is 33.7. The molecule has 0 aliphatic heterocycles. The van der Waals surface area contributed by atoms with Gasteiger partial charge in [0.2, 0.25) is 10.0 Å². The third kappa shape index (κ3) is 3.50. The average molecular weight is 297 g/mol. The van der Waals surface area contributed by atoms with E-state index in [9.17, 15) is 8.42 Å². The number of furan rings is 1. The summed E-state index contributed by atoms with van der Waals surface area (Å²) in [5, 5.41) is 3.18. The fourth-order valence-electron chi connectivity index (χ4n) is 1.81. The average Bonchev–Trinajstić information content (AvgIpc) is 3.04. The molecule has 0 saturated carbocycles. The van der Waals surface area contributed by atoms with E-state index in [0.29, 0.717) is 6.54 Å². The largest absolute Gasteiger partial charge is 0.472 e. The van der Waals surface area contributed by atoms with Crippen molar-refractivity contribution >= 4 is 10.0 Å². The molecular formula is C13H19N3O3S. The van der Waals surface area contributed by atoms with E-state index in [1.807, 2.05) is 18.5 Å². The van der Waals surface area contributed by atoms with E-state index < -0.39 is 10.0 Å². The van der Waals surface area contributed by atoms with Crippen molar-refractivity contribution in [2.24, 2.45) is 7.05 Å². The second kappa shape index (κ2) is 6.25. The lowest BCUT2D eigenvalue weighted by Gasteiger charge is -2.02. The molecule has 6 nitrogen and oxygen atoms in total. The SMILES string of the molecule is CCNCc1cc(S(=O)(=O)NCc2ccoc2)cn1C. The summed E-state index contributed by atoms with van der Waals surface area (Å²) in [6.07, 6.45) is 4.65. The van der Waals surface area contributed by atoms with Crippen molar-refractivity contribution in [2.45, 2.75) is 24.9 Å². The summed E-state index contributed by atoms with van der Waals surface area (Å²) in [7, 11) is -1.67. The second-order valence-electron chi connectivity index (χ2n) is 4.51. The molecule has 0 aromatic carbocycles. The number of sulfonamides is 1. The van der Waals surface area contributed by atoms with Gasteiger partial charge in [-0.25, -0.2) is 13.1 Å². The molecule has 2 aromatic rings. The lowest BCUT2D eigenvalue weighted by molar-refractivity contribution is 0.561. The Kier molecular flexibility index (Phi) is 4.64. The van der Waals surface area contributed by atoms with E-state index in [1.165, 1.54) is 12.5 Å². The molecule has 2 aromatic heterocycles. The molecular weight excluding hydrogens is 278 g/mol. The van der Waals surface area contributed by atoms with Gasteiger partial charge in [0.1, 0.15) is 0 Å². The molecule has 0 bridgehead atoms. The van der Waals surface area contributed by atoms with Crippen molar-refractivity contribution in [3.63, 3.8) is 0 Å². The van der Waals surface area contributed by atoms with Crippen molar-refractivity contribution in [2.75, 3.05) is 6.54 Å². The molecule has 2 rings (SSSR count). The maximum atomic E-state index is 12.2. The normalized spacial score (nSPS) is 11.9. The van der Waals surface area contributed by atoms with Crippen LogP contribution in [0.5, 0.6) is 0 Å². The summed E-state index contributed by atoms with van der Waals surface area (Å²) in [6, 6.07) is 3.41. The molecule has 0 atom stereocenters. The standard InChI is InChI=1S/C13H19N3O3S/c1-3-14-8-12-6-13(9-16(12)2)20(17,18)15-7-11-4-5-19-10-11/h4-6,9-10,14-15H,3,7-8H2,1-2H3. The Morgan fingerprint density at radius 3 is 2.80 bits per heavy atom. The quantitative estimate of drug-likeness (QED) is 0.805.